The van der Waals surface area contributed by atoms with E-state index in [2.05, 4.69) is 5.32 Å². The van der Waals surface area contributed by atoms with E-state index in [-0.39, 0.29) is 17.3 Å². The molecular formula is C19H18ClF3N2O5S. The number of carbonyl (C=O) groups is 1. The van der Waals surface area contributed by atoms with Crippen molar-refractivity contribution in [1.29, 1.82) is 0 Å². The third-order valence-corrected chi connectivity index (χ3v) is 5.89. The van der Waals surface area contributed by atoms with Gasteiger partial charge in [-0.05, 0) is 37.3 Å². The first-order valence-corrected chi connectivity index (χ1v) is 11.2. The number of nitrogens with zero attached hydrogens (tertiary/aromatic N) is 1. The lowest BCUT2D eigenvalue weighted by atomic mass is 10.1. The van der Waals surface area contributed by atoms with Gasteiger partial charge in [-0.1, -0.05) is 11.6 Å². The van der Waals surface area contributed by atoms with Crippen LogP contribution in [0.3, 0.4) is 0 Å². The zero-order chi connectivity index (χ0) is 23.0. The third kappa shape index (κ3) is 5.16. The Morgan fingerprint density at radius 2 is 1.77 bits per heavy atom. The third-order valence-electron chi connectivity index (χ3n) is 4.41. The monoisotopic (exact) mass is 478 g/mol. The fourth-order valence-electron chi connectivity index (χ4n) is 3.08. The molecule has 1 amide bonds. The van der Waals surface area contributed by atoms with Crippen molar-refractivity contribution in [3.05, 3.63) is 47.0 Å². The summed E-state index contributed by atoms with van der Waals surface area (Å²) in [6, 6.07) is 5.79. The predicted molar refractivity (Wildman–Crippen MR) is 109 cm³/mol. The van der Waals surface area contributed by atoms with Gasteiger partial charge in [-0.2, -0.15) is 13.2 Å². The highest BCUT2D eigenvalue weighted by Gasteiger charge is 2.36. The highest BCUT2D eigenvalue weighted by atomic mass is 35.5. The normalized spacial score (nSPS) is 14.6. The second kappa shape index (κ2) is 8.46. The number of rotatable bonds is 5. The number of halogens is 4. The van der Waals surface area contributed by atoms with E-state index in [1.165, 1.54) is 31.2 Å². The van der Waals surface area contributed by atoms with E-state index in [0.29, 0.717) is 24.2 Å². The quantitative estimate of drug-likeness (QED) is 0.704. The van der Waals surface area contributed by atoms with E-state index in [1.807, 2.05) is 0 Å². The summed E-state index contributed by atoms with van der Waals surface area (Å²) < 4.78 is 76.5. The number of anilines is 2. The Morgan fingerprint density at radius 1 is 1.13 bits per heavy atom. The Kier molecular flexibility index (Phi) is 6.28. The number of benzene rings is 2. The Labute approximate surface area is 181 Å². The molecule has 0 saturated carbocycles. The largest absolute Gasteiger partial charge is 0.486 e. The first-order chi connectivity index (χ1) is 14.4. The van der Waals surface area contributed by atoms with Gasteiger partial charge in [0.1, 0.15) is 19.3 Å². The number of ether oxygens (including phenoxy) is 2. The molecule has 1 atom stereocenters. The summed E-state index contributed by atoms with van der Waals surface area (Å²) in [6.45, 7) is 1.86. The Morgan fingerprint density at radius 3 is 2.39 bits per heavy atom. The second-order valence-electron chi connectivity index (χ2n) is 6.74. The second-order valence-corrected chi connectivity index (χ2v) is 9.04. The number of sulfonamides is 1. The number of hydrogen-bond donors (Lipinski definition) is 1. The van der Waals surface area contributed by atoms with Crippen LogP contribution in [-0.4, -0.2) is 39.8 Å². The van der Waals surface area contributed by atoms with Crippen molar-refractivity contribution in [3.63, 3.8) is 0 Å². The van der Waals surface area contributed by atoms with Crippen molar-refractivity contribution in [2.45, 2.75) is 19.1 Å². The molecule has 0 bridgehead atoms. The van der Waals surface area contributed by atoms with Crippen LogP contribution in [0.1, 0.15) is 12.5 Å². The van der Waals surface area contributed by atoms with Gasteiger partial charge in [0.25, 0.3) is 0 Å². The van der Waals surface area contributed by atoms with Crippen molar-refractivity contribution in [2.75, 3.05) is 29.1 Å². The van der Waals surface area contributed by atoms with Crippen LogP contribution >= 0.6 is 11.6 Å². The van der Waals surface area contributed by atoms with Gasteiger partial charge >= 0.3 is 6.18 Å². The molecule has 0 radical (unpaired) electrons. The summed E-state index contributed by atoms with van der Waals surface area (Å²) in [6.07, 6.45) is -3.89. The highest BCUT2D eigenvalue weighted by molar-refractivity contribution is 7.92. The highest BCUT2D eigenvalue weighted by Crippen LogP contribution is 2.38. The van der Waals surface area contributed by atoms with Gasteiger partial charge in [0, 0.05) is 11.1 Å². The zero-order valence-electron chi connectivity index (χ0n) is 16.4. The molecule has 168 valence electrons. The molecular weight excluding hydrogens is 461 g/mol. The van der Waals surface area contributed by atoms with E-state index in [1.54, 1.807) is 0 Å². The van der Waals surface area contributed by atoms with Crippen LogP contribution in [0.15, 0.2) is 36.4 Å². The van der Waals surface area contributed by atoms with Crippen molar-refractivity contribution < 1.29 is 35.9 Å². The topological polar surface area (TPSA) is 84.9 Å². The lowest BCUT2D eigenvalue weighted by molar-refractivity contribution is -0.137. The summed E-state index contributed by atoms with van der Waals surface area (Å²) in [5.74, 6) is -0.258. The number of amides is 1. The van der Waals surface area contributed by atoms with Crippen molar-refractivity contribution in [3.8, 4) is 11.5 Å². The average molecular weight is 479 g/mol. The van der Waals surface area contributed by atoms with E-state index in [9.17, 15) is 26.4 Å². The van der Waals surface area contributed by atoms with Gasteiger partial charge in [-0.25, -0.2) is 8.42 Å². The minimum absolute atomic E-state index is 0.0987. The maximum atomic E-state index is 13.3. The number of nitrogens with one attached hydrogen (secondary N) is 1. The van der Waals surface area contributed by atoms with Crippen molar-refractivity contribution in [1.82, 2.24) is 0 Å². The Bertz CT molecular complexity index is 1110. The van der Waals surface area contributed by atoms with Crippen molar-refractivity contribution in [2.24, 2.45) is 0 Å². The molecule has 2 aromatic carbocycles. The van der Waals surface area contributed by atoms with E-state index >= 15 is 0 Å². The van der Waals surface area contributed by atoms with Gasteiger partial charge in [-0.3, -0.25) is 9.10 Å². The van der Waals surface area contributed by atoms with Crippen LogP contribution in [-0.2, 0) is 21.0 Å². The van der Waals surface area contributed by atoms with Crippen LogP contribution < -0.4 is 19.1 Å². The molecule has 0 aromatic heterocycles. The minimum Gasteiger partial charge on any atom is -0.486 e. The summed E-state index contributed by atoms with van der Waals surface area (Å²) in [4.78, 5) is 12.8. The standard InChI is InChI=1S/C19H18ClF3N2O5S/c1-11(18(26)24-15-5-3-12(20)9-14(15)19(21,22)23)25(31(2,27)28)13-4-6-16-17(10-13)30-8-7-29-16/h3-6,9-11H,7-8H2,1-2H3,(H,24,26)/t11-/m0/s1. The van der Waals surface area contributed by atoms with Gasteiger partial charge in [0.05, 0.1) is 23.2 Å². The molecule has 1 aliphatic rings. The molecule has 12 heteroatoms. The number of alkyl halides is 3. The molecule has 1 heterocycles. The fraction of sp³-hybridized carbons (Fsp3) is 0.316. The Balaban J connectivity index is 1.93. The molecule has 7 nitrogen and oxygen atoms in total. The van der Waals surface area contributed by atoms with E-state index in [0.717, 1.165) is 16.6 Å². The smallest absolute Gasteiger partial charge is 0.418 e. The first kappa shape index (κ1) is 23.0. The van der Waals surface area contributed by atoms with Crippen LogP contribution in [0.5, 0.6) is 11.5 Å². The predicted octanol–water partition coefficient (Wildman–Crippen LogP) is 3.92. The summed E-state index contributed by atoms with van der Waals surface area (Å²) >= 11 is 5.65. The van der Waals surface area contributed by atoms with E-state index < -0.39 is 39.4 Å². The van der Waals surface area contributed by atoms with Crippen LogP contribution in [0.4, 0.5) is 24.5 Å². The van der Waals surface area contributed by atoms with Gasteiger partial charge in [0.2, 0.25) is 15.9 Å². The zero-order valence-corrected chi connectivity index (χ0v) is 17.9. The molecule has 3 rings (SSSR count). The van der Waals surface area contributed by atoms with Crippen molar-refractivity contribution >= 4 is 38.9 Å². The van der Waals surface area contributed by atoms with Gasteiger partial charge < -0.3 is 14.8 Å². The number of carbonyl (C=O) groups excluding carboxylic acids is 1. The molecule has 0 aliphatic carbocycles. The molecule has 2 aromatic rings. The average Bonchev–Trinajstić information content (AvgIpc) is 2.67. The fourth-order valence-corrected chi connectivity index (χ4v) is 4.41. The summed E-state index contributed by atoms with van der Waals surface area (Å²) in [5, 5.41) is 1.99. The van der Waals surface area contributed by atoms with Crippen LogP contribution in [0.2, 0.25) is 5.02 Å². The number of fused-ring (bicyclic) bond motifs is 1. The molecule has 0 saturated heterocycles. The van der Waals surface area contributed by atoms with Gasteiger partial charge in [-0.15, -0.1) is 0 Å². The Hall–Kier alpha value is -2.66. The maximum Gasteiger partial charge on any atom is 0.418 e. The lowest BCUT2D eigenvalue weighted by Crippen LogP contribution is -2.45. The van der Waals surface area contributed by atoms with Crippen LogP contribution in [0, 0.1) is 0 Å². The maximum absolute atomic E-state index is 13.3. The minimum atomic E-state index is -4.77. The molecule has 31 heavy (non-hydrogen) atoms. The number of hydrogen-bond acceptors (Lipinski definition) is 5. The van der Waals surface area contributed by atoms with Gasteiger partial charge in [0.15, 0.2) is 11.5 Å². The molecule has 0 unspecified atom stereocenters. The molecule has 0 fully saturated rings. The van der Waals surface area contributed by atoms with Crippen LogP contribution in [0.25, 0.3) is 0 Å². The lowest BCUT2D eigenvalue weighted by Gasteiger charge is -2.29. The molecule has 1 aliphatic heterocycles. The van der Waals surface area contributed by atoms with E-state index in [4.69, 9.17) is 21.1 Å². The summed E-state index contributed by atoms with van der Waals surface area (Å²) in [7, 11) is -3.99. The SMILES string of the molecule is C[C@@H](C(=O)Nc1ccc(Cl)cc1C(F)(F)F)N(c1ccc2c(c1)OCCO2)S(C)(=O)=O. The molecule has 1 N–H and O–H groups in total. The summed E-state index contributed by atoms with van der Waals surface area (Å²) in [5.41, 5.74) is -1.59. The molecule has 0 spiro atoms. The first-order valence-electron chi connectivity index (χ1n) is 8.94.